The van der Waals surface area contributed by atoms with Gasteiger partial charge in [0.2, 0.25) is 6.73 Å². The Morgan fingerprint density at radius 2 is 1.93 bits per heavy atom. The Morgan fingerprint density at radius 3 is 2.59 bits per heavy atom. The molecule has 0 atom stereocenters. The molecule has 9 heteroatoms. The van der Waals surface area contributed by atoms with E-state index in [1.807, 2.05) is 0 Å². The number of aromatic nitrogens is 2. The molecular formula is C18H21N3O5P+. The minimum atomic E-state index is -4.59. The van der Waals surface area contributed by atoms with Gasteiger partial charge in [-0.2, -0.15) is 0 Å². The van der Waals surface area contributed by atoms with Gasteiger partial charge < -0.3 is 14.3 Å². The molecule has 0 aliphatic rings. The molecule has 0 unspecified atom stereocenters. The van der Waals surface area contributed by atoms with Crippen molar-refractivity contribution in [1.82, 2.24) is 5.16 Å². The summed E-state index contributed by atoms with van der Waals surface area (Å²) in [5.74, 6) is 0.721. The molecular weight excluding hydrogens is 369 g/mol. The van der Waals surface area contributed by atoms with Gasteiger partial charge in [-0.3, -0.25) is 5.73 Å². The van der Waals surface area contributed by atoms with E-state index < -0.39 is 7.82 Å². The Morgan fingerprint density at radius 1 is 1.22 bits per heavy atom. The van der Waals surface area contributed by atoms with Crippen molar-refractivity contribution in [2.45, 2.75) is 26.5 Å². The van der Waals surface area contributed by atoms with Crippen molar-refractivity contribution in [2.24, 2.45) is 0 Å². The van der Waals surface area contributed by atoms with Crippen LogP contribution in [0.5, 0.6) is 0 Å². The Balaban J connectivity index is 1.78. The zero-order valence-electron chi connectivity index (χ0n) is 14.8. The van der Waals surface area contributed by atoms with Crippen LogP contribution in [0.2, 0.25) is 0 Å². The summed E-state index contributed by atoms with van der Waals surface area (Å²) >= 11 is 0. The first kappa shape index (κ1) is 19.3. The minimum absolute atomic E-state index is 0.251. The highest BCUT2D eigenvalue weighted by Gasteiger charge is 2.20. The molecule has 0 aliphatic heterocycles. The minimum Gasteiger partial charge on any atom is -0.356 e. The molecule has 2 heterocycles. The number of phosphoric ester groups is 1. The molecule has 0 saturated heterocycles. The van der Waals surface area contributed by atoms with Crippen molar-refractivity contribution in [3.8, 4) is 11.3 Å². The summed E-state index contributed by atoms with van der Waals surface area (Å²) in [5, 5.41) is 4.09. The zero-order chi connectivity index (χ0) is 19.4. The van der Waals surface area contributed by atoms with E-state index in [-0.39, 0.29) is 12.5 Å². The lowest BCUT2D eigenvalue weighted by Crippen LogP contribution is -2.38. The molecule has 142 valence electrons. The van der Waals surface area contributed by atoms with Crippen LogP contribution in [0.15, 0.2) is 53.2 Å². The van der Waals surface area contributed by atoms with Crippen LogP contribution in [-0.4, -0.2) is 14.9 Å². The van der Waals surface area contributed by atoms with Crippen LogP contribution in [0.25, 0.3) is 11.3 Å². The summed E-state index contributed by atoms with van der Waals surface area (Å²) in [4.78, 5) is 17.7. The van der Waals surface area contributed by atoms with Crippen LogP contribution in [0.3, 0.4) is 0 Å². The first-order chi connectivity index (χ1) is 12.9. The quantitative estimate of drug-likeness (QED) is 0.418. The lowest BCUT2D eigenvalue weighted by molar-refractivity contribution is -0.711. The second-order valence-electron chi connectivity index (χ2n) is 6.05. The molecule has 8 nitrogen and oxygen atoms in total. The molecule has 2 aromatic heterocycles. The SMILES string of the molecule is CCc1ccc(Cc2cc(-c3ccc[n+](COP(=O)(O)O)c3N)on2)cc1. The molecule has 27 heavy (non-hydrogen) atoms. The molecule has 0 spiro atoms. The average molecular weight is 390 g/mol. The Labute approximate surface area is 156 Å². The first-order valence-electron chi connectivity index (χ1n) is 8.37. The summed E-state index contributed by atoms with van der Waals surface area (Å²) in [6.45, 7) is 1.73. The van der Waals surface area contributed by atoms with Gasteiger partial charge in [-0.15, -0.1) is 0 Å². The molecule has 0 amide bonds. The van der Waals surface area contributed by atoms with Gasteiger partial charge in [0.15, 0.2) is 5.76 Å². The smallest absolute Gasteiger partial charge is 0.356 e. The number of pyridine rings is 1. The Kier molecular flexibility index (Phi) is 5.72. The van der Waals surface area contributed by atoms with E-state index in [1.54, 1.807) is 24.4 Å². The number of hydrogen-bond acceptors (Lipinski definition) is 5. The lowest BCUT2D eigenvalue weighted by Gasteiger charge is -2.07. The maximum atomic E-state index is 10.9. The van der Waals surface area contributed by atoms with Crippen LogP contribution >= 0.6 is 7.82 Å². The molecule has 4 N–H and O–H groups in total. The Bertz CT molecular complexity index is 965. The predicted molar refractivity (Wildman–Crippen MR) is 98.3 cm³/mol. The van der Waals surface area contributed by atoms with Crippen molar-refractivity contribution in [2.75, 3.05) is 5.73 Å². The van der Waals surface area contributed by atoms with Gasteiger partial charge in [0.25, 0.3) is 5.82 Å². The summed E-state index contributed by atoms with van der Waals surface area (Å²) in [7, 11) is -4.59. The fourth-order valence-electron chi connectivity index (χ4n) is 2.65. The molecule has 0 aliphatic carbocycles. The molecule has 3 rings (SSSR count). The topological polar surface area (TPSA) is 123 Å². The number of hydrogen-bond donors (Lipinski definition) is 3. The van der Waals surface area contributed by atoms with Crippen LogP contribution < -0.4 is 10.3 Å². The van der Waals surface area contributed by atoms with Crippen molar-refractivity contribution in [3.63, 3.8) is 0 Å². The van der Waals surface area contributed by atoms with E-state index in [2.05, 4.69) is 40.9 Å². The van der Waals surface area contributed by atoms with Gasteiger partial charge in [-0.1, -0.05) is 36.3 Å². The molecule has 0 bridgehead atoms. The predicted octanol–water partition coefficient (Wildman–Crippen LogP) is 2.43. The normalized spacial score (nSPS) is 11.7. The molecule has 0 saturated carbocycles. The molecule has 0 radical (unpaired) electrons. The van der Waals surface area contributed by atoms with E-state index in [0.717, 1.165) is 17.7 Å². The number of phosphoric acid groups is 1. The van der Waals surface area contributed by atoms with E-state index in [0.29, 0.717) is 17.7 Å². The standard InChI is InChI=1S/C18H20N3O5P/c1-2-13-5-7-14(8-6-13)10-15-11-17(26-20-15)16-4-3-9-21(18(16)19)12-25-27(22,23)24/h3-9,11,19H,2,10,12H2,1H3,(H2,22,23,24)/p+1. The van der Waals surface area contributed by atoms with Crippen molar-refractivity contribution < 1.29 is 28.0 Å². The fourth-order valence-corrected chi connectivity index (χ4v) is 2.92. The third kappa shape index (κ3) is 5.02. The van der Waals surface area contributed by atoms with E-state index in [9.17, 15) is 4.57 Å². The second-order valence-corrected chi connectivity index (χ2v) is 7.29. The highest BCUT2D eigenvalue weighted by Crippen LogP contribution is 2.35. The van der Waals surface area contributed by atoms with Gasteiger partial charge in [0.1, 0.15) is 5.56 Å². The van der Waals surface area contributed by atoms with Gasteiger partial charge in [-0.05, 0) is 29.7 Å². The van der Waals surface area contributed by atoms with E-state index in [1.165, 1.54) is 10.1 Å². The first-order valence-corrected chi connectivity index (χ1v) is 9.90. The zero-order valence-corrected chi connectivity index (χ0v) is 15.7. The maximum Gasteiger partial charge on any atom is 0.472 e. The van der Waals surface area contributed by atoms with Gasteiger partial charge in [-0.25, -0.2) is 13.7 Å². The summed E-state index contributed by atoms with van der Waals surface area (Å²) in [5.41, 5.74) is 9.80. The number of nitrogens with two attached hydrogens (primary N) is 1. The van der Waals surface area contributed by atoms with E-state index in [4.69, 9.17) is 20.0 Å². The van der Waals surface area contributed by atoms with Gasteiger partial charge in [0, 0.05) is 12.5 Å². The maximum absolute atomic E-state index is 10.9. The van der Waals surface area contributed by atoms with Crippen LogP contribution in [-0.2, 0) is 28.7 Å². The Hall–Kier alpha value is -2.51. The lowest BCUT2D eigenvalue weighted by atomic mass is 10.1. The third-order valence-corrected chi connectivity index (χ3v) is 4.57. The average Bonchev–Trinajstić information content (AvgIpc) is 3.09. The fraction of sp³-hybridized carbons (Fsp3) is 0.222. The van der Waals surface area contributed by atoms with Crippen molar-refractivity contribution in [3.05, 3.63) is 65.5 Å². The largest absolute Gasteiger partial charge is 0.472 e. The number of nitrogens with zero attached hydrogens (tertiary/aromatic N) is 2. The molecule has 0 fully saturated rings. The second kappa shape index (κ2) is 8.02. The summed E-state index contributed by atoms with van der Waals surface area (Å²) < 4.78 is 22.2. The number of aryl methyl sites for hydroxylation is 1. The third-order valence-electron chi connectivity index (χ3n) is 4.12. The number of nitrogen functional groups attached to an aromatic ring is 1. The monoisotopic (exact) mass is 390 g/mol. The number of rotatable bonds is 7. The van der Waals surface area contributed by atoms with Crippen LogP contribution in [0.4, 0.5) is 5.82 Å². The highest BCUT2D eigenvalue weighted by atomic mass is 31.2. The van der Waals surface area contributed by atoms with Crippen molar-refractivity contribution >= 4 is 13.6 Å². The number of benzene rings is 1. The highest BCUT2D eigenvalue weighted by molar-refractivity contribution is 7.46. The van der Waals surface area contributed by atoms with Crippen LogP contribution in [0.1, 0.15) is 23.7 Å². The molecule has 3 aromatic rings. The summed E-state index contributed by atoms with van der Waals surface area (Å²) in [6, 6.07) is 13.5. The number of anilines is 1. The van der Waals surface area contributed by atoms with Gasteiger partial charge in [0.05, 0.1) is 11.9 Å². The van der Waals surface area contributed by atoms with Crippen molar-refractivity contribution in [1.29, 1.82) is 0 Å². The molecule has 1 aromatic carbocycles. The van der Waals surface area contributed by atoms with Crippen LogP contribution in [0, 0.1) is 0 Å². The summed E-state index contributed by atoms with van der Waals surface area (Å²) in [6.07, 6.45) is 3.18. The van der Waals surface area contributed by atoms with E-state index >= 15 is 0 Å². The van der Waals surface area contributed by atoms with Gasteiger partial charge >= 0.3 is 7.82 Å².